The first kappa shape index (κ1) is 27.3. The van der Waals surface area contributed by atoms with E-state index in [2.05, 4.69) is 16.0 Å². The van der Waals surface area contributed by atoms with E-state index < -0.39 is 17.1 Å². The Balaban J connectivity index is 1.42. The van der Waals surface area contributed by atoms with E-state index in [0.717, 1.165) is 4.90 Å². The van der Waals surface area contributed by atoms with E-state index in [0.29, 0.717) is 28.4 Å². The molecule has 0 aliphatic rings. The highest BCUT2D eigenvalue weighted by Crippen LogP contribution is 2.27. The van der Waals surface area contributed by atoms with E-state index in [4.69, 9.17) is 9.15 Å². The third kappa shape index (κ3) is 7.86. The van der Waals surface area contributed by atoms with Gasteiger partial charge in [0.25, 0.3) is 11.8 Å². The Morgan fingerprint density at radius 3 is 2.33 bits per heavy atom. The molecule has 1 unspecified atom stereocenters. The molecule has 9 heteroatoms. The first-order chi connectivity index (χ1) is 18.9. The topological polar surface area (TPSA) is 110 Å². The van der Waals surface area contributed by atoms with Crippen LogP contribution in [0.1, 0.15) is 23.0 Å². The van der Waals surface area contributed by atoms with Crippen LogP contribution in [0, 0.1) is 0 Å². The fourth-order valence-corrected chi connectivity index (χ4v) is 4.41. The maximum Gasteiger partial charge on any atom is 0.272 e. The number of amides is 3. The van der Waals surface area contributed by atoms with Gasteiger partial charge >= 0.3 is 0 Å². The minimum atomic E-state index is -0.525. The predicted molar refractivity (Wildman–Crippen MR) is 153 cm³/mol. The largest absolute Gasteiger partial charge is 0.497 e. The smallest absolute Gasteiger partial charge is 0.272 e. The normalized spacial score (nSPS) is 11.8. The van der Waals surface area contributed by atoms with Gasteiger partial charge in [-0.2, -0.15) is 0 Å². The van der Waals surface area contributed by atoms with Crippen molar-refractivity contribution in [3.8, 4) is 5.75 Å². The first-order valence-electron chi connectivity index (χ1n) is 12.1. The number of hydrogen-bond donors (Lipinski definition) is 3. The van der Waals surface area contributed by atoms with Crippen LogP contribution >= 0.6 is 11.8 Å². The van der Waals surface area contributed by atoms with Gasteiger partial charge in [-0.15, -0.1) is 11.8 Å². The summed E-state index contributed by atoms with van der Waals surface area (Å²) in [5.41, 5.74) is 1.61. The second-order valence-electron chi connectivity index (χ2n) is 8.35. The SMILES string of the molecule is COc1ccc(NC(=O)C(C)Sc2cccc(NC(=O)/C(=C/c3ccco3)NC(=O)c3ccccc3)c2)cc1. The molecule has 1 heterocycles. The van der Waals surface area contributed by atoms with Gasteiger partial charge in [0.15, 0.2) is 0 Å². The van der Waals surface area contributed by atoms with Crippen LogP contribution < -0.4 is 20.7 Å². The third-order valence-electron chi connectivity index (χ3n) is 5.49. The molecular weight excluding hydrogens is 514 g/mol. The number of rotatable bonds is 10. The van der Waals surface area contributed by atoms with E-state index >= 15 is 0 Å². The average molecular weight is 542 g/mol. The van der Waals surface area contributed by atoms with Crippen LogP contribution in [0.3, 0.4) is 0 Å². The molecule has 3 aromatic carbocycles. The summed E-state index contributed by atoms with van der Waals surface area (Å²) in [5, 5.41) is 7.96. The number of nitrogens with one attached hydrogen (secondary N) is 3. The highest BCUT2D eigenvalue weighted by atomic mass is 32.2. The Morgan fingerprint density at radius 1 is 0.872 bits per heavy atom. The van der Waals surface area contributed by atoms with Crippen molar-refractivity contribution in [1.82, 2.24) is 5.32 Å². The van der Waals surface area contributed by atoms with Crippen LogP contribution in [0.15, 0.2) is 112 Å². The molecule has 1 atom stereocenters. The highest BCUT2D eigenvalue weighted by Gasteiger charge is 2.18. The molecule has 4 rings (SSSR count). The average Bonchev–Trinajstić information content (AvgIpc) is 3.47. The van der Waals surface area contributed by atoms with Crippen molar-refractivity contribution >= 4 is 46.9 Å². The summed E-state index contributed by atoms with van der Waals surface area (Å²) in [5.74, 6) is 0.00480. The van der Waals surface area contributed by atoms with Crippen LogP contribution in [0.2, 0.25) is 0 Å². The Hall–Kier alpha value is -4.76. The Labute approximate surface area is 230 Å². The number of benzene rings is 3. The van der Waals surface area contributed by atoms with Gasteiger partial charge < -0.3 is 25.1 Å². The number of carbonyl (C=O) groups excluding carboxylic acids is 3. The molecule has 1 aromatic heterocycles. The molecule has 8 nitrogen and oxygen atoms in total. The van der Waals surface area contributed by atoms with Gasteiger partial charge in [-0.05, 0) is 73.7 Å². The highest BCUT2D eigenvalue weighted by molar-refractivity contribution is 8.00. The maximum absolute atomic E-state index is 13.2. The third-order valence-corrected chi connectivity index (χ3v) is 6.58. The summed E-state index contributed by atoms with van der Waals surface area (Å²) in [6.45, 7) is 1.80. The molecule has 3 N–H and O–H groups in total. The molecule has 0 aliphatic carbocycles. The number of thioether (sulfide) groups is 1. The van der Waals surface area contributed by atoms with E-state index in [1.165, 1.54) is 24.1 Å². The molecule has 0 aliphatic heterocycles. The summed E-state index contributed by atoms with van der Waals surface area (Å²) in [6.07, 6.45) is 2.94. The summed E-state index contributed by atoms with van der Waals surface area (Å²) < 4.78 is 10.5. The number of hydrogen-bond acceptors (Lipinski definition) is 6. The summed E-state index contributed by atoms with van der Waals surface area (Å²) in [6, 6.07) is 26.2. The molecule has 4 aromatic rings. The lowest BCUT2D eigenvalue weighted by Gasteiger charge is -2.14. The minimum absolute atomic E-state index is 0.0177. The van der Waals surface area contributed by atoms with Crippen molar-refractivity contribution < 1.29 is 23.5 Å². The molecule has 0 saturated heterocycles. The van der Waals surface area contributed by atoms with Crippen LogP contribution in [0.4, 0.5) is 11.4 Å². The molecular formula is C30H27N3O5S. The van der Waals surface area contributed by atoms with Gasteiger partial charge in [0.05, 0.1) is 18.6 Å². The zero-order valence-electron chi connectivity index (χ0n) is 21.3. The van der Waals surface area contributed by atoms with Crippen LogP contribution in [-0.4, -0.2) is 30.1 Å². The molecule has 0 fully saturated rings. The summed E-state index contributed by atoms with van der Waals surface area (Å²) in [4.78, 5) is 39.4. The summed E-state index contributed by atoms with van der Waals surface area (Å²) in [7, 11) is 1.58. The van der Waals surface area contributed by atoms with Crippen LogP contribution in [0.5, 0.6) is 5.75 Å². The van der Waals surface area contributed by atoms with Gasteiger partial charge in [0.2, 0.25) is 5.91 Å². The van der Waals surface area contributed by atoms with Crippen molar-refractivity contribution in [2.45, 2.75) is 17.1 Å². The molecule has 198 valence electrons. The van der Waals surface area contributed by atoms with Crippen molar-refractivity contribution in [1.29, 1.82) is 0 Å². The minimum Gasteiger partial charge on any atom is -0.497 e. The lowest BCUT2D eigenvalue weighted by Crippen LogP contribution is -2.30. The second-order valence-corrected chi connectivity index (χ2v) is 9.77. The lowest BCUT2D eigenvalue weighted by molar-refractivity contribution is -0.115. The van der Waals surface area contributed by atoms with E-state index in [9.17, 15) is 14.4 Å². The van der Waals surface area contributed by atoms with Crippen molar-refractivity contribution in [2.75, 3.05) is 17.7 Å². The van der Waals surface area contributed by atoms with Crippen LogP contribution in [-0.2, 0) is 9.59 Å². The molecule has 39 heavy (non-hydrogen) atoms. The number of furan rings is 1. The van der Waals surface area contributed by atoms with Crippen LogP contribution in [0.25, 0.3) is 6.08 Å². The van der Waals surface area contributed by atoms with Gasteiger partial charge in [-0.3, -0.25) is 14.4 Å². The molecule has 0 saturated carbocycles. The molecule has 0 spiro atoms. The van der Waals surface area contributed by atoms with E-state index in [1.54, 1.807) is 99.0 Å². The van der Waals surface area contributed by atoms with Crippen molar-refractivity contribution in [3.05, 3.63) is 114 Å². The van der Waals surface area contributed by atoms with E-state index in [-0.39, 0.29) is 11.6 Å². The fourth-order valence-electron chi connectivity index (χ4n) is 3.48. The van der Waals surface area contributed by atoms with E-state index in [1.807, 2.05) is 6.07 Å². The zero-order valence-corrected chi connectivity index (χ0v) is 22.2. The number of methoxy groups -OCH3 is 1. The second kappa shape index (κ2) is 13.2. The lowest BCUT2D eigenvalue weighted by atomic mass is 10.2. The maximum atomic E-state index is 13.2. The number of carbonyl (C=O) groups is 3. The standard InChI is InChI=1S/C30H27N3O5S/c1-20(28(34)31-22-13-15-24(37-2)16-14-22)39-26-12-6-10-23(18-26)32-30(36)27(19-25-11-7-17-38-25)33-29(35)21-8-4-3-5-9-21/h3-20H,1-2H3,(H,31,34)(H,32,36)(H,33,35)/b27-19-. The van der Waals surface area contributed by atoms with Gasteiger partial charge in [-0.1, -0.05) is 24.3 Å². The summed E-state index contributed by atoms with van der Waals surface area (Å²) >= 11 is 1.35. The Bertz CT molecular complexity index is 1450. The monoisotopic (exact) mass is 541 g/mol. The number of anilines is 2. The molecule has 3 amide bonds. The van der Waals surface area contributed by atoms with Gasteiger partial charge in [0, 0.05) is 27.9 Å². The van der Waals surface area contributed by atoms with Gasteiger partial charge in [-0.25, -0.2) is 0 Å². The molecule has 0 bridgehead atoms. The molecule has 0 radical (unpaired) electrons. The quantitative estimate of drug-likeness (QED) is 0.173. The fraction of sp³-hybridized carbons (Fsp3) is 0.100. The first-order valence-corrected chi connectivity index (χ1v) is 12.9. The Kier molecular flexibility index (Phi) is 9.20. The van der Waals surface area contributed by atoms with Crippen molar-refractivity contribution in [3.63, 3.8) is 0 Å². The van der Waals surface area contributed by atoms with Gasteiger partial charge in [0.1, 0.15) is 17.2 Å². The van der Waals surface area contributed by atoms with Crippen molar-refractivity contribution in [2.24, 2.45) is 0 Å². The predicted octanol–water partition coefficient (Wildman–Crippen LogP) is 5.82. The zero-order chi connectivity index (χ0) is 27.6. The Morgan fingerprint density at radius 2 is 1.64 bits per heavy atom. The number of ether oxygens (including phenoxy) is 1.